The molecular formula is C13H18O. The number of hydrogen-bond acceptors (Lipinski definition) is 1. The van der Waals surface area contributed by atoms with Crippen molar-refractivity contribution in [3.63, 3.8) is 0 Å². The molecule has 1 aromatic rings. The van der Waals surface area contributed by atoms with E-state index in [1.807, 2.05) is 13.8 Å². The Kier molecular flexibility index (Phi) is 5.02. The molecule has 0 fully saturated rings. The fraction of sp³-hybridized carbons (Fsp3) is 0.385. The molecule has 1 aliphatic rings. The molecule has 0 unspecified atom stereocenters. The molecule has 14 heavy (non-hydrogen) atoms. The molecule has 0 radical (unpaired) electrons. The third-order valence-corrected chi connectivity index (χ3v) is 2.10. The third kappa shape index (κ3) is 3.35. The van der Waals surface area contributed by atoms with Crippen molar-refractivity contribution in [2.24, 2.45) is 0 Å². The summed E-state index contributed by atoms with van der Waals surface area (Å²) in [6.45, 7) is 5.67. The molecular weight excluding hydrogens is 172 g/mol. The highest BCUT2D eigenvalue weighted by atomic mass is 16.5. The van der Waals surface area contributed by atoms with Crippen LogP contribution in [0.4, 0.5) is 0 Å². The molecule has 2 rings (SSSR count). The molecule has 1 aliphatic carbocycles. The predicted molar refractivity (Wildman–Crippen MR) is 61.3 cm³/mol. The predicted octanol–water partition coefficient (Wildman–Crippen LogP) is 3.30. The summed E-state index contributed by atoms with van der Waals surface area (Å²) in [7, 11) is 0. The SMILES string of the molecule is C1=Cc2ccccc2C1.CCOCC. The van der Waals surface area contributed by atoms with Crippen molar-refractivity contribution in [3.05, 3.63) is 41.5 Å². The molecule has 0 spiro atoms. The Hall–Kier alpha value is -1.08. The standard InChI is InChI=1S/C9H8.C4H10O/c1-2-5-9-7-3-6-8(9)4-1;1-3-5-4-2/h1-6H,7H2;3-4H2,1-2H3. The zero-order valence-electron chi connectivity index (χ0n) is 8.99. The van der Waals surface area contributed by atoms with Gasteiger partial charge in [0, 0.05) is 13.2 Å². The molecule has 76 valence electrons. The van der Waals surface area contributed by atoms with Crippen molar-refractivity contribution in [2.75, 3.05) is 13.2 Å². The van der Waals surface area contributed by atoms with E-state index >= 15 is 0 Å². The first-order valence-electron chi connectivity index (χ1n) is 5.20. The summed E-state index contributed by atoms with van der Waals surface area (Å²) in [5.41, 5.74) is 2.84. The first-order valence-corrected chi connectivity index (χ1v) is 5.20. The summed E-state index contributed by atoms with van der Waals surface area (Å²) in [5, 5.41) is 0. The quantitative estimate of drug-likeness (QED) is 0.695. The molecule has 0 atom stereocenters. The summed E-state index contributed by atoms with van der Waals surface area (Å²) in [4.78, 5) is 0. The first-order chi connectivity index (χ1) is 6.88. The zero-order chi connectivity index (χ0) is 10.2. The maximum absolute atomic E-state index is 4.83. The molecule has 0 saturated carbocycles. The molecule has 1 heteroatoms. The van der Waals surface area contributed by atoms with Gasteiger partial charge in [-0.2, -0.15) is 0 Å². The van der Waals surface area contributed by atoms with Crippen LogP contribution >= 0.6 is 0 Å². The van der Waals surface area contributed by atoms with Gasteiger partial charge in [0.1, 0.15) is 0 Å². The third-order valence-electron chi connectivity index (χ3n) is 2.10. The second kappa shape index (κ2) is 6.39. The van der Waals surface area contributed by atoms with E-state index in [-0.39, 0.29) is 0 Å². The minimum Gasteiger partial charge on any atom is -0.382 e. The van der Waals surface area contributed by atoms with Crippen molar-refractivity contribution in [1.82, 2.24) is 0 Å². The lowest BCUT2D eigenvalue weighted by Gasteiger charge is -1.93. The molecule has 0 N–H and O–H groups in total. The molecule has 1 aromatic carbocycles. The van der Waals surface area contributed by atoms with Gasteiger partial charge in [0.2, 0.25) is 0 Å². The Balaban J connectivity index is 0.000000171. The van der Waals surface area contributed by atoms with Gasteiger partial charge < -0.3 is 4.74 Å². The summed E-state index contributed by atoms with van der Waals surface area (Å²) in [5.74, 6) is 0. The average molecular weight is 190 g/mol. The van der Waals surface area contributed by atoms with Crippen molar-refractivity contribution in [1.29, 1.82) is 0 Å². The van der Waals surface area contributed by atoms with Crippen molar-refractivity contribution < 1.29 is 4.74 Å². The van der Waals surface area contributed by atoms with Gasteiger partial charge in [-0.25, -0.2) is 0 Å². The number of benzene rings is 1. The van der Waals surface area contributed by atoms with E-state index in [0.717, 1.165) is 19.6 Å². The minimum atomic E-state index is 0.844. The monoisotopic (exact) mass is 190 g/mol. The van der Waals surface area contributed by atoms with E-state index in [9.17, 15) is 0 Å². The highest BCUT2D eigenvalue weighted by Gasteiger charge is 2.00. The summed E-state index contributed by atoms with van der Waals surface area (Å²) in [6.07, 6.45) is 5.50. The van der Waals surface area contributed by atoms with Crippen LogP contribution in [-0.4, -0.2) is 13.2 Å². The van der Waals surface area contributed by atoms with Gasteiger partial charge >= 0.3 is 0 Å². The summed E-state index contributed by atoms with van der Waals surface area (Å²) >= 11 is 0. The average Bonchev–Trinajstić information content (AvgIpc) is 2.67. The van der Waals surface area contributed by atoms with E-state index in [1.165, 1.54) is 11.1 Å². The lowest BCUT2D eigenvalue weighted by Crippen LogP contribution is -1.84. The lowest BCUT2D eigenvalue weighted by atomic mass is 10.1. The van der Waals surface area contributed by atoms with Crippen molar-refractivity contribution in [2.45, 2.75) is 20.3 Å². The van der Waals surface area contributed by atoms with Crippen LogP contribution in [0.2, 0.25) is 0 Å². The highest BCUT2D eigenvalue weighted by molar-refractivity contribution is 5.59. The molecule has 0 aliphatic heterocycles. The van der Waals surface area contributed by atoms with Crippen LogP contribution < -0.4 is 0 Å². The van der Waals surface area contributed by atoms with E-state index < -0.39 is 0 Å². The Bertz CT molecular complexity index is 287. The normalized spacial score (nSPS) is 11.9. The maximum atomic E-state index is 4.83. The number of hydrogen-bond donors (Lipinski definition) is 0. The number of allylic oxidation sites excluding steroid dienone is 1. The summed E-state index contributed by atoms with van der Waals surface area (Å²) in [6, 6.07) is 8.49. The van der Waals surface area contributed by atoms with Gasteiger partial charge in [0.15, 0.2) is 0 Å². The molecule has 0 bridgehead atoms. The Labute approximate surface area is 86.4 Å². The van der Waals surface area contributed by atoms with Crippen LogP contribution in [0.25, 0.3) is 6.08 Å². The smallest absolute Gasteiger partial charge is 0.0437 e. The number of ether oxygens (including phenoxy) is 1. The van der Waals surface area contributed by atoms with Crippen LogP contribution in [0.5, 0.6) is 0 Å². The Morgan fingerprint density at radius 1 is 1.14 bits per heavy atom. The largest absolute Gasteiger partial charge is 0.382 e. The second-order valence-electron chi connectivity index (χ2n) is 3.09. The maximum Gasteiger partial charge on any atom is 0.0437 e. The van der Waals surface area contributed by atoms with Crippen molar-refractivity contribution >= 4 is 6.08 Å². The molecule has 0 saturated heterocycles. The van der Waals surface area contributed by atoms with E-state index in [0.29, 0.717) is 0 Å². The zero-order valence-corrected chi connectivity index (χ0v) is 8.99. The minimum absolute atomic E-state index is 0.844. The second-order valence-corrected chi connectivity index (χ2v) is 3.09. The van der Waals surface area contributed by atoms with E-state index in [4.69, 9.17) is 4.74 Å². The Morgan fingerprint density at radius 3 is 2.43 bits per heavy atom. The fourth-order valence-electron chi connectivity index (χ4n) is 1.40. The topological polar surface area (TPSA) is 9.23 Å². The molecule has 0 amide bonds. The van der Waals surface area contributed by atoms with E-state index in [1.54, 1.807) is 0 Å². The molecule has 1 nitrogen and oxygen atoms in total. The van der Waals surface area contributed by atoms with Gasteiger partial charge in [-0.1, -0.05) is 36.4 Å². The van der Waals surface area contributed by atoms with Gasteiger partial charge in [-0.15, -0.1) is 0 Å². The lowest BCUT2D eigenvalue weighted by molar-refractivity contribution is 0.162. The van der Waals surface area contributed by atoms with Crippen LogP contribution in [0.1, 0.15) is 25.0 Å². The molecule has 0 aromatic heterocycles. The van der Waals surface area contributed by atoms with Gasteiger partial charge in [-0.3, -0.25) is 0 Å². The highest BCUT2D eigenvalue weighted by Crippen LogP contribution is 2.17. The van der Waals surface area contributed by atoms with Crippen LogP contribution in [0.3, 0.4) is 0 Å². The number of fused-ring (bicyclic) bond motifs is 1. The summed E-state index contributed by atoms with van der Waals surface area (Å²) < 4.78 is 4.83. The van der Waals surface area contributed by atoms with Crippen LogP contribution in [0.15, 0.2) is 30.3 Å². The first kappa shape index (κ1) is 11.0. The Morgan fingerprint density at radius 2 is 1.86 bits per heavy atom. The van der Waals surface area contributed by atoms with Gasteiger partial charge in [0.05, 0.1) is 0 Å². The number of rotatable bonds is 2. The molecule has 0 heterocycles. The van der Waals surface area contributed by atoms with Crippen LogP contribution in [-0.2, 0) is 11.2 Å². The van der Waals surface area contributed by atoms with Crippen molar-refractivity contribution in [3.8, 4) is 0 Å². The van der Waals surface area contributed by atoms with Gasteiger partial charge in [0.25, 0.3) is 0 Å². The van der Waals surface area contributed by atoms with E-state index in [2.05, 4.69) is 36.4 Å². The fourth-order valence-corrected chi connectivity index (χ4v) is 1.40. The van der Waals surface area contributed by atoms with Gasteiger partial charge in [-0.05, 0) is 31.4 Å². The van der Waals surface area contributed by atoms with Crippen LogP contribution in [0, 0.1) is 0 Å².